The van der Waals surface area contributed by atoms with Gasteiger partial charge in [0.25, 0.3) is 5.91 Å². The molecule has 0 aliphatic rings. The van der Waals surface area contributed by atoms with Crippen LogP contribution in [0.5, 0.6) is 0 Å². The predicted molar refractivity (Wildman–Crippen MR) is 53.8 cm³/mol. The third-order valence-corrected chi connectivity index (χ3v) is 2.76. The van der Waals surface area contributed by atoms with Crippen LogP contribution in [-0.2, 0) is 0 Å². The number of rotatable bonds is 4. The molecular formula is C9H11FN2OS. The Kier molecular flexibility index (Phi) is 4.39. The maximum absolute atomic E-state index is 11.9. The van der Waals surface area contributed by atoms with Crippen LogP contribution in [0.1, 0.15) is 23.7 Å². The van der Waals surface area contributed by atoms with Gasteiger partial charge < -0.3 is 0 Å². The molecule has 0 bridgehead atoms. The third kappa shape index (κ3) is 2.70. The number of thioether (sulfide) groups is 1. The quantitative estimate of drug-likeness (QED) is 0.617. The molecule has 0 aromatic carbocycles. The van der Waals surface area contributed by atoms with Crippen molar-refractivity contribution in [3.05, 3.63) is 23.9 Å². The number of carbonyl (C=O) groups is 1. The molecule has 1 aromatic heterocycles. The van der Waals surface area contributed by atoms with Crippen molar-refractivity contribution in [3.63, 3.8) is 0 Å². The number of amides is 1. The zero-order valence-corrected chi connectivity index (χ0v) is 8.60. The summed E-state index contributed by atoms with van der Waals surface area (Å²) >= 11 is 1.45. The number of nitrogens with one attached hydrogen (secondary N) is 1. The summed E-state index contributed by atoms with van der Waals surface area (Å²) in [5.74, 6) is 0.125. The lowest BCUT2D eigenvalue weighted by Gasteiger charge is -2.03. The molecule has 1 aromatic rings. The van der Waals surface area contributed by atoms with E-state index in [0.29, 0.717) is 5.03 Å². The van der Waals surface area contributed by atoms with E-state index in [1.807, 2.05) is 6.92 Å². The van der Waals surface area contributed by atoms with Crippen LogP contribution in [-0.4, -0.2) is 16.6 Å². The molecule has 0 aliphatic carbocycles. The zero-order chi connectivity index (χ0) is 10.4. The van der Waals surface area contributed by atoms with Gasteiger partial charge in [-0.2, -0.15) is 5.54 Å². The molecule has 1 amide bonds. The summed E-state index contributed by atoms with van der Waals surface area (Å²) in [5, 5.41) is 0.574. The number of aromatic nitrogens is 1. The lowest BCUT2D eigenvalue weighted by atomic mass is 10.3. The zero-order valence-electron chi connectivity index (χ0n) is 7.79. The Morgan fingerprint density at radius 3 is 3.14 bits per heavy atom. The number of nitrogens with zero attached hydrogens (tertiary/aromatic N) is 1. The predicted octanol–water partition coefficient (Wildman–Crippen LogP) is 2.20. The van der Waals surface area contributed by atoms with Gasteiger partial charge in [0.05, 0.1) is 5.56 Å². The molecule has 5 heteroatoms. The summed E-state index contributed by atoms with van der Waals surface area (Å²) in [7, 11) is 0. The summed E-state index contributed by atoms with van der Waals surface area (Å²) in [4.78, 5) is 15.1. The van der Waals surface area contributed by atoms with E-state index in [1.54, 1.807) is 18.3 Å². The second kappa shape index (κ2) is 5.59. The molecule has 0 atom stereocenters. The highest BCUT2D eigenvalue weighted by atomic mass is 32.2. The molecule has 14 heavy (non-hydrogen) atoms. The Balaban J connectivity index is 2.85. The Bertz CT molecular complexity index is 319. The summed E-state index contributed by atoms with van der Waals surface area (Å²) in [6, 6.07) is 3.17. The maximum Gasteiger partial charge on any atom is 0.281 e. The monoisotopic (exact) mass is 214 g/mol. The van der Waals surface area contributed by atoms with Crippen LogP contribution in [0.15, 0.2) is 23.4 Å². The van der Waals surface area contributed by atoms with Gasteiger partial charge in [0, 0.05) is 6.20 Å². The molecule has 1 heterocycles. The fraction of sp³-hybridized carbons (Fsp3) is 0.333. The molecule has 3 nitrogen and oxygen atoms in total. The Hall–Kier alpha value is -1.10. The minimum absolute atomic E-state index is 0.286. The topological polar surface area (TPSA) is 42.0 Å². The molecule has 0 saturated heterocycles. The molecule has 0 unspecified atom stereocenters. The first kappa shape index (κ1) is 11.0. The Morgan fingerprint density at radius 2 is 2.50 bits per heavy atom. The fourth-order valence-electron chi connectivity index (χ4n) is 0.928. The second-order valence-electron chi connectivity index (χ2n) is 2.63. The van der Waals surface area contributed by atoms with Gasteiger partial charge in [0.1, 0.15) is 5.03 Å². The van der Waals surface area contributed by atoms with E-state index in [2.05, 4.69) is 4.98 Å². The van der Waals surface area contributed by atoms with Crippen LogP contribution in [0, 0.1) is 0 Å². The molecule has 0 fully saturated rings. The van der Waals surface area contributed by atoms with E-state index >= 15 is 0 Å². The van der Waals surface area contributed by atoms with E-state index in [4.69, 9.17) is 0 Å². The number of hydrogen-bond acceptors (Lipinski definition) is 3. The van der Waals surface area contributed by atoms with Gasteiger partial charge >= 0.3 is 0 Å². The number of carbonyl (C=O) groups excluding carboxylic acids is 1. The van der Waals surface area contributed by atoms with Gasteiger partial charge in [-0.3, -0.25) is 4.79 Å². The van der Waals surface area contributed by atoms with Crippen molar-refractivity contribution in [2.24, 2.45) is 0 Å². The average molecular weight is 214 g/mol. The van der Waals surface area contributed by atoms with Gasteiger partial charge in [0.15, 0.2) is 0 Å². The van der Waals surface area contributed by atoms with E-state index in [1.165, 1.54) is 11.8 Å². The van der Waals surface area contributed by atoms with Crippen molar-refractivity contribution in [2.45, 2.75) is 18.4 Å². The SMILES string of the molecule is CCCSc1ncccc1C(=O)NF. The molecule has 1 rings (SSSR count). The normalized spacial score (nSPS) is 9.86. The summed E-state index contributed by atoms with van der Waals surface area (Å²) in [5.41, 5.74) is 1.39. The van der Waals surface area contributed by atoms with Crippen molar-refractivity contribution in [1.82, 2.24) is 10.5 Å². The van der Waals surface area contributed by atoms with Crippen molar-refractivity contribution >= 4 is 17.7 Å². The molecule has 76 valence electrons. The minimum atomic E-state index is -0.739. The first-order valence-corrected chi connectivity index (χ1v) is 5.27. The Labute approximate surface area is 86.0 Å². The van der Waals surface area contributed by atoms with Crippen molar-refractivity contribution < 1.29 is 9.28 Å². The maximum atomic E-state index is 11.9. The van der Waals surface area contributed by atoms with Crippen LogP contribution in [0.25, 0.3) is 0 Å². The molecular weight excluding hydrogens is 203 g/mol. The largest absolute Gasteiger partial charge is 0.281 e. The molecule has 0 spiro atoms. The molecule has 0 saturated carbocycles. The first-order valence-electron chi connectivity index (χ1n) is 4.28. The average Bonchev–Trinajstić information content (AvgIpc) is 2.25. The highest BCUT2D eigenvalue weighted by molar-refractivity contribution is 7.99. The summed E-state index contributed by atoms with van der Waals surface area (Å²) < 4.78 is 11.9. The first-order chi connectivity index (χ1) is 6.79. The van der Waals surface area contributed by atoms with Crippen LogP contribution >= 0.6 is 11.8 Å². The standard InChI is InChI=1S/C9H11FN2OS/c1-2-6-14-9-7(8(13)12-10)4-3-5-11-9/h3-5H,2,6H2,1H3,(H,12,13). The van der Waals surface area contributed by atoms with Crippen LogP contribution in [0.3, 0.4) is 0 Å². The van der Waals surface area contributed by atoms with E-state index < -0.39 is 5.91 Å². The van der Waals surface area contributed by atoms with Gasteiger partial charge in [0.2, 0.25) is 0 Å². The smallest absolute Gasteiger partial charge is 0.267 e. The van der Waals surface area contributed by atoms with Crippen molar-refractivity contribution in [2.75, 3.05) is 5.75 Å². The van der Waals surface area contributed by atoms with Gasteiger partial charge in [-0.1, -0.05) is 11.4 Å². The number of pyridine rings is 1. The lowest BCUT2D eigenvalue weighted by molar-refractivity contribution is 0.0855. The van der Waals surface area contributed by atoms with Crippen molar-refractivity contribution in [1.29, 1.82) is 0 Å². The van der Waals surface area contributed by atoms with Crippen LogP contribution in [0.2, 0.25) is 0 Å². The third-order valence-electron chi connectivity index (χ3n) is 1.54. The summed E-state index contributed by atoms with van der Waals surface area (Å²) in [6.07, 6.45) is 2.57. The number of hydrogen-bond donors (Lipinski definition) is 1. The molecule has 0 aliphatic heterocycles. The van der Waals surface area contributed by atoms with Crippen molar-refractivity contribution in [3.8, 4) is 0 Å². The molecule has 1 N–H and O–H groups in total. The fourth-order valence-corrected chi connectivity index (χ4v) is 1.78. The highest BCUT2D eigenvalue weighted by Crippen LogP contribution is 2.20. The van der Waals surface area contributed by atoms with Gasteiger partial charge in [-0.15, -0.1) is 11.8 Å². The highest BCUT2D eigenvalue weighted by Gasteiger charge is 2.11. The van der Waals surface area contributed by atoms with E-state index in [-0.39, 0.29) is 5.56 Å². The van der Waals surface area contributed by atoms with Gasteiger partial charge in [-0.25, -0.2) is 4.98 Å². The second-order valence-corrected chi connectivity index (χ2v) is 3.71. The van der Waals surface area contributed by atoms with Gasteiger partial charge in [-0.05, 0) is 24.3 Å². The summed E-state index contributed by atoms with van der Waals surface area (Å²) in [6.45, 7) is 2.03. The van der Waals surface area contributed by atoms with E-state index in [9.17, 15) is 9.28 Å². The van der Waals surface area contributed by atoms with E-state index in [0.717, 1.165) is 17.7 Å². The van der Waals surface area contributed by atoms with Crippen LogP contribution < -0.4 is 5.54 Å². The lowest BCUT2D eigenvalue weighted by Crippen LogP contribution is -2.15. The minimum Gasteiger partial charge on any atom is -0.267 e. The molecule has 0 radical (unpaired) electrons. The Morgan fingerprint density at radius 1 is 1.71 bits per heavy atom. The van der Waals surface area contributed by atoms with Crippen LogP contribution in [0.4, 0.5) is 4.48 Å². The number of halogens is 1.